The van der Waals surface area contributed by atoms with Crippen molar-refractivity contribution in [3.8, 4) is 0 Å². The number of rotatable bonds is 61. The fourth-order valence-electron chi connectivity index (χ4n) is 11.5. The first kappa shape index (κ1) is 73.9. The predicted octanol–water partition coefficient (Wildman–Crippen LogP) is 18.3. The Morgan fingerprint density at radius 3 is 1.05 bits per heavy atom. The van der Waals surface area contributed by atoms with E-state index in [0.29, 0.717) is 12.8 Å². The predicted molar refractivity (Wildman–Crippen MR) is 327 cm³/mol. The van der Waals surface area contributed by atoms with Crippen LogP contribution in [-0.4, -0.2) is 87.5 Å². The minimum absolute atomic E-state index is 0.132. The molecule has 0 spiro atoms. The van der Waals surface area contributed by atoms with Gasteiger partial charge in [0.1, 0.15) is 24.4 Å². The van der Waals surface area contributed by atoms with Crippen molar-refractivity contribution in [2.24, 2.45) is 0 Å². The number of unbranched alkanes of at least 4 members (excludes halogenated alkanes) is 49. The van der Waals surface area contributed by atoms with E-state index in [9.17, 15) is 30.3 Å². The van der Waals surface area contributed by atoms with Gasteiger partial charge in [-0.2, -0.15) is 0 Å². The van der Waals surface area contributed by atoms with Crippen molar-refractivity contribution in [2.45, 2.75) is 403 Å². The summed E-state index contributed by atoms with van der Waals surface area (Å²) in [5.41, 5.74) is 0. The van der Waals surface area contributed by atoms with Gasteiger partial charge < -0.3 is 40.3 Å². The topological polar surface area (TPSA) is 149 Å². The summed E-state index contributed by atoms with van der Waals surface area (Å²) in [5.74, 6) is -0.136. The van der Waals surface area contributed by atoms with Crippen LogP contribution in [0.5, 0.6) is 0 Å². The third-order valence-corrected chi connectivity index (χ3v) is 16.9. The zero-order valence-corrected chi connectivity index (χ0v) is 51.3. The van der Waals surface area contributed by atoms with Crippen molar-refractivity contribution in [2.75, 3.05) is 13.2 Å². The van der Waals surface area contributed by atoms with Crippen LogP contribution in [-0.2, 0) is 14.3 Å². The summed E-state index contributed by atoms with van der Waals surface area (Å²) in [7, 11) is 0. The van der Waals surface area contributed by atoms with Crippen LogP contribution >= 0.6 is 0 Å². The molecule has 0 bridgehead atoms. The van der Waals surface area contributed by atoms with Crippen molar-refractivity contribution >= 4 is 5.91 Å². The zero-order chi connectivity index (χ0) is 55.8. The first-order chi connectivity index (χ1) is 37.8. The summed E-state index contributed by atoms with van der Waals surface area (Å²) < 4.78 is 11.4. The molecule has 0 aromatic carbocycles. The number of carbonyl (C=O) groups excluding carboxylic acids is 1. The number of nitrogens with one attached hydrogen (secondary N) is 1. The van der Waals surface area contributed by atoms with Crippen LogP contribution in [0.25, 0.3) is 0 Å². The smallest absolute Gasteiger partial charge is 0.220 e. The maximum atomic E-state index is 13.1. The van der Waals surface area contributed by atoms with E-state index >= 15 is 0 Å². The van der Waals surface area contributed by atoms with Crippen molar-refractivity contribution in [3.05, 3.63) is 12.2 Å². The lowest BCUT2D eigenvalue weighted by atomic mass is 9.99. The lowest BCUT2D eigenvalue weighted by Gasteiger charge is -2.40. The Kier molecular flexibility index (Phi) is 55.8. The molecule has 7 unspecified atom stereocenters. The minimum Gasteiger partial charge on any atom is -0.394 e. The number of hydrogen-bond donors (Lipinski definition) is 6. The van der Waals surface area contributed by atoms with Crippen molar-refractivity contribution in [3.63, 3.8) is 0 Å². The third kappa shape index (κ3) is 47.2. The van der Waals surface area contributed by atoms with E-state index in [-0.39, 0.29) is 12.5 Å². The first-order valence-corrected chi connectivity index (χ1v) is 34.4. The number of ether oxygens (including phenoxy) is 2. The molecule has 1 aliphatic heterocycles. The van der Waals surface area contributed by atoms with Gasteiger partial charge in [0.15, 0.2) is 6.29 Å². The molecule has 6 N–H and O–H groups in total. The molecule has 0 aromatic rings. The van der Waals surface area contributed by atoms with Gasteiger partial charge in [-0.05, 0) is 38.5 Å². The van der Waals surface area contributed by atoms with Crippen LogP contribution in [0.3, 0.4) is 0 Å². The number of aliphatic hydroxyl groups excluding tert-OH is 5. The summed E-state index contributed by atoms with van der Waals surface area (Å²) in [4.78, 5) is 13.1. The summed E-state index contributed by atoms with van der Waals surface area (Å²) in [6, 6.07) is -0.717. The maximum absolute atomic E-state index is 13.1. The highest BCUT2D eigenvalue weighted by Gasteiger charge is 2.44. The van der Waals surface area contributed by atoms with E-state index in [0.717, 1.165) is 38.5 Å². The van der Waals surface area contributed by atoms with Gasteiger partial charge in [0, 0.05) is 6.42 Å². The molecule has 1 rings (SSSR count). The van der Waals surface area contributed by atoms with E-state index in [4.69, 9.17) is 9.47 Å². The molecule has 458 valence electrons. The Balaban J connectivity index is 2.10. The van der Waals surface area contributed by atoms with Gasteiger partial charge in [-0.1, -0.05) is 328 Å². The van der Waals surface area contributed by atoms with Gasteiger partial charge >= 0.3 is 0 Å². The van der Waals surface area contributed by atoms with Gasteiger partial charge in [-0.15, -0.1) is 0 Å². The standard InChI is InChI=1S/C68H133NO8/c1-3-5-7-9-11-13-15-17-19-21-23-25-27-28-29-30-31-32-33-34-36-38-40-42-44-46-48-50-52-54-56-58-64(72)69-61(60-76-68-67(75)66(74)65(73)63(59-70)77-68)62(71)57-55-53-51-49-47-45-43-41-39-37-35-26-24-22-20-18-16-14-12-10-8-6-4-2/h28-29,61-63,65-68,70-71,73-75H,3-27,30-60H2,1-2H3,(H,69,72)/b29-28-. The molecule has 7 atom stereocenters. The highest BCUT2D eigenvalue weighted by molar-refractivity contribution is 5.76. The molecule has 0 aromatic heterocycles. The first-order valence-electron chi connectivity index (χ1n) is 34.4. The molecular weight excluding hydrogens is 959 g/mol. The van der Waals surface area contributed by atoms with E-state index in [1.807, 2.05) is 0 Å². The van der Waals surface area contributed by atoms with Crippen LogP contribution in [0, 0.1) is 0 Å². The second-order valence-electron chi connectivity index (χ2n) is 24.3. The largest absolute Gasteiger partial charge is 0.394 e. The molecule has 1 amide bonds. The quantitative estimate of drug-likeness (QED) is 0.0261. The number of allylic oxidation sites excluding steroid dienone is 2. The second kappa shape index (κ2) is 58.1. The van der Waals surface area contributed by atoms with Gasteiger partial charge in [-0.3, -0.25) is 4.79 Å². The lowest BCUT2D eigenvalue weighted by Crippen LogP contribution is -2.60. The molecule has 0 aliphatic carbocycles. The Morgan fingerprint density at radius 1 is 0.429 bits per heavy atom. The molecule has 1 fully saturated rings. The normalized spacial score (nSPS) is 18.7. The molecular formula is C68H133NO8. The number of hydrogen-bond acceptors (Lipinski definition) is 8. The van der Waals surface area contributed by atoms with Crippen LogP contribution in [0.1, 0.15) is 361 Å². The van der Waals surface area contributed by atoms with E-state index in [2.05, 4.69) is 31.3 Å². The SMILES string of the molecule is CCCCCCCCCCCCCC/C=C\CCCCCCCCCCCCCCCCCC(=O)NC(COC1OC(CO)C(O)C(O)C1O)C(O)CCCCCCCCCCCCCCCCCCCCCCCCC. The van der Waals surface area contributed by atoms with Crippen LogP contribution in [0.4, 0.5) is 0 Å². The Labute approximate surface area is 477 Å². The fourth-order valence-corrected chi connectivity index (χ4v) is 11.5. The van der Waals surface area contributed by atoms with Crippen molar-refractivity contribution in [1.29, 1.82) is 0 Å². The Morgan fingerprint density at radius 2 is 0.727 bits per heavy atom. The van der Waals surface area contributed by atoms with E-state index in [1.165, 1.54) is 295 Å². The number of carbonyl (C=O) groups is 1. The Hall–Kier alpha value is -1.07. The summed E-state index contributed by atoms with van der Waals surface area (Å²) >= 11 is 0. The average Bonchev–Trinajstić information content (AvgIpc) is 3.43. The molecule has 1 saturated heterocycles. The van der Waals surface area contributed by atoms with E-state index < -0.39 is 49.5 Å². The molecule has 0 saturated carbocycles. The minimum atomic E-state index is -1.55. The highest BCUT2D eigenvalue weighted by Crippen LogP contribution is 2.24. The number of amides is 1. The summed E-state index contributed by atoms with van der Waals surface area (Å²) in [6.45, 7) is 3.90. The van der Waals surface area contributed by atoms with Crippen molar-refractivity contribution in [1.82, 2.24) is 5.32 Å². The van der Waals surface area contributed by atoms with Gasteiger partial charge in [0.25, 0.3) is 0 Å². The Bertz CT molecular complexity index is 1220. The van der Waals surface area contributed by atoms with Crippen LogP contribution in [0.2, 0.25) is 0 Å². The van der Waals surface area contributed by atoms with Crippen LogP contribution in [0.15, 0.2) is 12.2 Å². The average molecular weight is 1090 g/mol. The maximum Gasteiger partial charge on any atom is 0.220 e. The number of aliphatic hydroxyl groups is 5. The molecule has 9 heteroatoms. The van der Waals surface area contributed by atoms with Gasteiger partial charge in [-0.25, -0.2) is 0 Å². The summed E-state index contributed by atoms with van der Waals surface area (Å²) in [5, 5.41) is 54.9. The third-order valence-electron chi connectivity index (χ3n) is 16.9. The van der Waals surface area contributed by atoms with E-state index in [1.54, 1.807) is 0 Å². The van der Waals surface area contributed by atoms with Crippen LogP contribution < -0.4 is 5.32 Å². The highest BCUT2D eigenvalue weighted by atomic mass is 16.7. The molecule has 0 radical (unpaired) electrons. The molecule has 77 heavy (non-hydrogen) atoms. The molecule has 1 aliphatic rings. The molecule has 1 heterocycles. The van der Waals surface area contributed by atoms with Crippen molar-refractivity contribution < 1.29 is 39.8 Å². The van der Waals surface area contributed by atoms with Gasteiger partial charge in [0.05, 0.1) is 25.4 Å². The molecule has 9 nitrogen and oxygen atoms in total. The van der Waals surface area contributed by atoms with Gasteiger partial charge in [0.2, 0.25) is 5.91 Å². The fraction of sp³-hybridized carbons (Fsp3) is 0.956. The monoisotopic (exact) mass is 1090 g/mol. The summed E-state index contributed by atoms with van der Waals surface area (Å²) in [6.07, 6.45) is 67.0. The zero-order valence-electron chi connectivity index (χ0n) is 51.3. The lowest BCUT2D eigenvalue weighted by molar-refractivity contribution is -0.302. The second-order valence-corrected chi connectivity index (χ2v) is 24.3.